The number of fused-ring (bicyclic) bond motifs is 7. The summed E-state index contributed by atoms with van der Waals surface area (Å²) in [6.07, 6.45) is 1.93. The molecule has 0 saturated carbocycles. The molecule has 0 unspecified atom stereocenters. The lowest BCUT2D eigenvalue weighted by Gasteiger charge is -2.34. The first-order chi connectivity index (χ1) is 40.5. The number of hydrogen-bond acceptors (Lipinski definition) is 4. The van der Waals surface area contributed by atoms with Crippen LogP contribution < -0.4 is 14.5 Å². The normalized spacial score (nSPS) is 13.8. The van der Waals surface area contributed by atoms with Crippen LogP contribution in [-0.4, -0.2) is 16.2 Å². The van der Waals surface area contributed by atoms with Crippen LogP contribution in [0, 0.1) is 0 Å². The van der Waals surface area contributed by atoms with Crippen molar-refractivity contribution in [2.75, 3.05) is 16.5 Å². The van der Waals surface area contributed by atoms with Crippen LogP contribution in [0.25, 0.3) is 61.0 Å². The lowest BCUT2D eigenvalue weighted by Crippen LogP contribution is -2.28. The molecule has 2 aliphatic rings. The summed E-state index contributed by atoms with van der Waals surface area (Å²) in [7, 11) is 0. The fourth-order valence-electron chi connectivity index (χ4n) is 13.3. The Labute approximate surface area is 495 Å². The maximum atomic E-state index is 6.95. The van der Waals surface area contributed by atoms with Gasteiger partial charge in [0.25, 0.3) is 0 Å². The summed E-state index contributed by atoms with van der Waals surface area (Å²) >= 11 is 0. The van der Waals surface area contributed by atoms with E-state index in [0.29, 0.717) is 6.67 Å². The average Bonchev–Trinajstić information content (AvgIpc) is 1.59. The van der Waals surface area contributed by atoms with Gasteiger partial charge in [0, 0.05) is 45.9 Å². The highest BCUT2D eigenvalue weighted by Crippen LogP contribution is 2.58. The molecule has 1 aliphatic carbocycles. The van der Waals surface area contributed by atoms with Crippen LogP contribution in [0.2, 0.25) is 0 Å². The van der Waals surface area contributed by atoms with E-state index in [1.54, 1.807) is 0 Å². The lowest BCUT2D eigenvalue weighted by molar-refractivity contribution is 0.483. The van der Waals surface area contributed by atoms with Crippen molar-refractivity contribution in [3.8, 4) is 50.7 Å². The van der Waals surface area contributed by atoms with Gasteiger partial charge in [-0.15, -0.1) is 0 Å². The van der Waals surface area contributed by atoms with E-state index in [9.17, 15) is 0 Å². The van der Waals surface area contributed by atoms with Crippen LogP contribution >= 0.6 is 0 Å². The minimum atomic E-state index is -0.547. The van der Waals surface area contributed by atoms with Crippen molar-refractivity contribution in [1.82, 2.24) is 9.55 Å². The van der Waals surface area contributed by atoms with Gasteiger partial charge >= 0.3 is 0 Å². The highest BCUT2D eigenvalue weighted by molar-refractivity contribution is 6.09. The maximum Gasteiger partial charge on any atom is 0.137 e. The number of ether oxygens (including phenoxy) is 1. The highest BCUT2D eigenvalue weighted by atomic mass is 16.5. The molecular formula is C79H70N4O. The van der Waals surface area contributed by atoms with Crippen LogP contribution in [0.5, 0.6) is 11.5 Å². The molecule has 5 nitrogen and oxygen atoms in total. The van der Waals surface area contributed by atoms with Gasteiger partial charge < -0.3 is 14.5 Å². The number of pyridine rings is 1. The Kier molecular flexibility index (Phi) is 12.5. The van der Waals surface area contributed by atoms with Crippen LogP contribution in [0.4, 0.5) is 22.7 Å². The van der Waals surface area contributed by atoms with Gasteiger partial charge in [0.15, 0.2) is 0 Å². The predicted molar refractivity (Wildman–Crippen MR) is 351 cm³/mol. The lowest BCUT2D eigenvalue weighted by atomic mass is 9.67. The first-order valence-electron chi connectivity index (χ1n) is 29.6. The van der Waals surface area contributed by atoms with Gasteiger partial charge in [0.1, 0.15) is 24.0 Å². The third-order valence-electron chi connectivity index (χ3n) is 17.6. The average molecular weight is 1090 g/mol. The zero-order valence-corrected chi connectivity index (χ0v) is 49.6. The number of anilines is 4. The molecule has 12 aromatic rings. The van der Waals surface area contributed by atoms with E-state index in [4.69, 9.17) is 9.72 Å². The summed E-state index contributed by atoms with van der Waals surface area (Å²) in [4.78, 5) is 9.95. The van der Waals surface area contributed by atoms with Crippen molar-refractivity contribution in [1.29, 1.82) is 0 Å². The number of nitrogens with zero attached hydrogens (tertiary/aromatic N) is 4. The second kappa shape index (κ2) is 19.9. The fraction of sp³-hybridized carbons (Fsp3) is 0.177. The number of benzene rings is 10. The van der Waals surface area contributed by atoms with E-state index in [0.717, 1.165) is 62.0 Å². The first-order valence-corrected chi connectivity index (χ1v) is 29.6. The minimum absolute atomic E-state index is 0.0301. The molecule has 0 atom stereocenters. The molecule has 0 saturated heterocycles. The van der Waals surface area contributed by atoms with Crippen molar-refractivity contribution in [2.24, 2.45) is 0 Å². The molecule has 1 aliphatic heterocycles. The smallest absolute Gasteiger partial charge is 0.137 e. The number of rotatable bonds is 9. The monoisotopic (exact) mass is 1090 g/mol. The van der Waals surface area contributed by atoms with Crippen LogP contribution in [0.15, 0.2) is 249 Å². The summed E-state index contributed by atoms with van der Waals surface area (Å²) in [6.45, 7) is 21.3. The SMILES string of the molecule is CC(C)(C)c1cc(-c2cccc(-c3ccc4c(c3)C(c3ccccc3)(c3ccccc3)c3ccccc3-4)c2N2CN(c3cccc(Oc4ccc5c6ccccc6n(-c6cc(C(C)(C)C)ccn6)c5c4)c3)c3ccccc32)cc(C(C)(C)C)c1. The zero-order valence-electron chi connectivity index (χ0n) is 49.6. The van der Waals surface area contributed by atoms with Gasteiger partial charge in [-0.25, -0.2) is 4.98 Å². The van der Waals surface area contributed by atoms with E-state index in [1.165, 1.54) is 72.1 Å². The minimum Gasteiger partial charge on any atom is -0.457 e. The van der Waals surface area contributed by atoms with Crippen molar-refractivity contribution >= 4 is 44.6 Å². The molecule has 3 heterocycles. The second-order valence-electron chi connectivity index (χ2n) is 26.1. The molecule has 2 aromatic heterocycles. The molecule has 10 aromatic carbocycles. The van der Waals surface area contributed by atoms with Crippen LogP contribution in [0.3, 0.4) is 0 Å². The summed E-state index contributed by atoms with van der Waals surface area (Å²) in [6, 6.07) is 89.7. The molecule has 0 fully saturated rings. The van der Waals surface area contributed by atoms with Gasteiger partial charge in [0.05, 0.1) is 33.5 Å². The van der Waals surface area contributed by atoms with Crippen molar-refractivity contribution in [3.63, 3.8) is 0 Å². The molecule has 14 rings (SSSR count). The van der Waals surface area contributed by atoms with Gasteiger partial charge in [-0.3, -0.25) is 4.57 Å². The first kappa shape index (κ1) is 52.6. The van der Waals surface area contributed by atoms with E-state index in [1.807, 2.05) is 6.20 Å². The molecule has 0 amide bonds. The van der Waals surface area contributed by atoms with Crippen LogP contribution in [0.1, 0.15) is 101 Å². The Morgan fingerprint density at radius 2 is 0.964 bits per heavy atom. The zero-order chi connectivity index (χ0) is 57.7. The third kappa shape index (κ3) is 8.79. The molecule has 0 radical (unpaired) electrons. The summed E-state index contributed by atoms with van der Waals surface area (Å²) in [5, 5.41) is 2.33. The second-order valence-corrected chi connectivity index (χ2v) is 26.1. The maximum absolute atomic E-state index is 6.95. The molecular weight excluding hydrogens is 1020 g/mol. The van der Waals surface area contributed by atoms with Gasteiger partial charge in [-0.2, -0.15) is 0 Å². The van der Waals surface area contributed by atoms with Crippen molar-refractivity contribution < 1.29 is 4.74 Å². The molecule has 5 heteroatoms. The fourth-order valence-corrected chi connectivity index (χ4v) is 13.3. The Morgan fingerprint density at radius 1 is 0.393 bits per heavy atom. The predicted octanol–water partition coefficient (Wildman–Crippen LogP) is 20.8. The van der Waals surface area contributed by atoms with Gasteiger partial charge in [0.2, 0.25) is 0 Å². The van der Waals surface area contributed by atoms with Crippen LogP contribution in [-0.2, 0) is 21.7 Å². The van der Waals surface area contributed by atoms with E-state index in [2.05, 4.69) is 319 Å². The number of para-hydroxylation sites is 4. The van der Waals surface area contributed by atoms with E-state index in [-0.39, 0.29) is 16.2 Å². The molecule has 0 bridgehead atoms. The van der Waals surface area contributed by atoms with Crippen molar-refractivity contribution in [3.05, 3.63) is 288 Å². The quantitative estimate of drug-likeness (QED) is 0.144. The third-order valence-corrected chi connectivity index (χ3v) is 17.6. The Balaban J connectivity index is 0.917. The molecule has 0 N–H and O–H groups in total. The molecule has 0 spiro atoms. The van der Waals surface area contributed by atoms with Gasteiger partial charge in [-0.05, 0) is 138 Å². The topological polar surface area (TPSA) is 33.5 Å². The summed E-state index contributed by atoms with van der Waals surface area (Å²) in [5.41, 5.74) is 22.1. The number of aromatic nitrogens is 2. The summed E-state index contributed by atoms with van der Waals surface area (Å²) < 4.78 is 9.23. The molecule has 84 heavy (non-hydrogen) atoms. The Morgan fingerprint density at radius 3 is 1.67 bits per heavy atom. The number of hydrogen-bond donors (Lipinski definition) is 0. The standard InChI is InChI=1S/C79H70N4O/c1-76(2,3)56-42-43-80-74(48-56)83-70-35-19-17-31-66(70)67-41-39-61(50-73(67)83)84-60-29-22-28-59(49-60)81-51-82(72-37-21-20-36-71(72)81)75-62(32-23-33-63(75)53-44-57(77(4,5)6)47-58(45-53)78(7,8)9)52-38-40-65-64-30-16-18-34-68(64)79(69(65)46-52,54-24-12-10-13-25-54)55-26-14-11-15-27-55/h10-50H,51H2,1-9H3. The van der Waals surface area contributed by atoms with Gasteiger partial charge in [-0.1, -0.05) is 232 Å². The van der Waals surface area contributed by atoms with E-state index < -0.39 is 5.41 Å². The Bertz CT molecular complexity index is 4440. The highest BCUT2D eigenvalue weighted by Gasteiger charge is 2.46. The largest absolute Gasteiger partial charge is 0.457 e. The Hall–Kier alpha value is -9.45. The summed E-state index contributed by atoms with van der Waals surface area (Å²) in [5.74, 6) is 2.40. The molecule has 412 valence electrons. The van der Waals surface area contributed by atoms with E-state index >= 15 is 0 Å². The van der Waals surface area contributed by atoms with Crippen molar-refractivity contribution in [2.45, 2.75) is 84.0 Å².